The van der Waals surface area contributed by atoms with Gasteiger partial charge in [-0.05, 0) is 25.7 Å². The van der Waals surface area contributed by atoms with Crippen molar-refractivity contribution in [3.8, 4) is 0 Å². The summed E-state index contributed by atoms with van der Waals surface area (Å²) in [5, 5.41) is 9.26. The summed E-state index contributed by atoms with van der Waals surface area (Å²) in [6.45, 7) is 3.90. The fourth-order valence-electron chi connectivity index (χ4n) is 1.93. The van der Waals surface area contributed by atoms with Crippen molar-refractivity contribution < 1.29 is 9.90 Å². The van der Waals surface area contributed by atoms with Gasteiger partial charge in [-0.2, -0.15) is 0 Å². The maximum atomic E-state index is 12.0. The van der Waals surface area contributed by atoms with Crippen LogP contribution in [0.5, 0.6) is 0 Å². The third-order valence-electron chi connectivity index (χ3n) is 3.14. The first-order valence-corrected chi connectivity index (χ1v) is 6.39. The molecule has 0 bridgehead atoms. The molecule has 2 nitrogen and oxygen atoms in total. The van der Waals surface area contributed by atoms with Crippen LogP contribution < -0.4 is 0 Å². The largest absolute Gasteiger partial charge is 0.393 e. The van der Waals surface area contributed by atoms with Crippen molar-refractivity contribution in [2.45, 2.75) is 45.6 Å². The van der Waals surface area contributed by atoms with Crippen LogP contribution in [-0.4, -0.2) is 17.0 Å². The van der Waals surface area contributed by atoms with E-state index in [4.69, 9.17) is 0 Å². The Bertz CT molecular complexity index is 330. The lowest BCUT2D eigenvalue weighted by Gasteiger charge is -2.14. The van der Waals surface area contributed by atoms with Crippen LogP contribution in [0, 0.1) is 5.92 Å². The van der Waals surface area contributed by atoms with Gasteiger partial charge in [0.05, 0.1) is 6.10 Å². The van der Waals surface area contributed by atoms with Gasteiger partial charge in [-0.1, -0.05) is 43.7 Å². The van der Waals surface area contributed by atoms with Crippen LogP contribution in [0.15, 0.2) is 30.3 Å². The van der Waals surface area contributed by atoms with E-state index < -0.39 is 0 Å². The predicted molar refractivity (Wildman–Crippen MR) is 70.1 cm³/mol. The Balaban J connectivity index is 2.48. The second-order valence-corrected chi connectivity index (χ2v) is 4.69. The Morgan fingerprint density at radius 1 is 1.24 bits per heavy atom. The lowest BCUT2D eigenvalue weighted by atomic mass is 9.91. The van der Waals surface area contributed by atoms with Gasteiger partial charge in [0.2, 0.25) is 0 Å². The molecule has 0 heterocycles. The van der Waals surface area contributed by atoms with Crippen LogP contribution in [0.1, 0.15) is 49.9 Å². The molecule has 1 aromatic rings. The Morgan fingerprint density at radius 3 is 2.41 bits per heavy atom. The third kappa shape index (κ3) is 5.14. The van der Waals surface area contributed by atoms with Gasteiger partial charge >= 0.3 is 0 Å². The molecule has 0 aliphatic heterocycles. The summed E-state index contributed by atoms with van der Waals surface area (Å²) in [6, 6.07) is 9.43. The lowest BCUT2D eigenvalue weighted by Crippen LogP contribution is -2.11. The van der Waals surface area contributed by atoms with Crippen molar-refractivity contribution in [1.29, 1.82) is 0 Å². The summed E-state index contributed by atoms with van der Waals surface area (Å²) in [7, 11) is 0. The second-order valence-electron chi connectivity index (χ2n) is 4.69. The van der Waals surface area contributed by atoms with E-state index in [-0.39, 0.29) is 11.9 Å². The first-order chi connectivity index (χ1) is 8.13. The molecule has 17 heavy (non-hydrogen) atoms. The highest BCUT2D eigenvalue weighted by Crippen LogP contribution is 2.19. The molecular weight excluding hydrogens is 212 g/mol. The highest BCUT2D eigenvalue weighted by molar-refractivity contribution is 5.96. The molecule has 2 unspecified atom stereocenters. The van der Waals surface area contributed by atoms with Gasteiger partial charge < -0.3 is 5.11 Å². The third-order valence-corrected chi connectivity index (χ3v) is 3.14. The second kappa shape index (κ2) is 7.23. The number of carbonyl (C=O) groups excluding carboxylic acids is 1. The van der Waals surface area contributed by atoms with Gasteiger partial charge in [-0.25, -0.2) is 0 Å². The zero-order valence-electron chi connectivity index (χ0n) is 10.7. The summed E-state index contributed by atoms with van der Waals surface area (Å²) in [5.74, 6) is 0.598. The average molecular weight is 234 g/mol. The van der Waals surface area contributed by atoms with Crippen molar-refractivity contribution in [1.82, 2.24) is 0 Å². The van der Waals surface area contributed by atoms with E-state index >= 15 is 0 Å². The van der Waals surface area contributed by atoms with Gasteiger partial charge in [0, 0.05) is 12.0 Å². The fraction of sp³-hybridized carbons (Fsp3) is 0.533. The molecule has 0 radical (unpaired) electrons. The fourth-order valence-corrected chi connectivity index (χ4v) is 1.93. The van der Waals surface area contributed by atoms with Gasteiger partial charge in [-0.3, -0.25) is 4.79 Å². The summed E-state index contributed by atoms with van der Waals surface area (Å²) in [4.78, 5) is 12.0. The Kier molecular flexibility index (Phi) is 5.92. The molecule has 1 aromatic carbocycles. The summed E-state index contributed by atoms with van der Waals surface area (Å²) < 4.78 is 0. The van der Waals surface area contributed by atoms with E-state index in [9.17, 15) is 9.90 Å². The van der Waals surface area contributed by atoms with Crippen LogP contribution in [0.4, 0.5) is 0 Å². The van der Waals surface area contributed by atoms with E-state index in [2.05, 4.69) is 6.92 Å². The minimum atomic E-state index is -0.268. The molecule has 0 amide bonds. The Labute approximate surface area is 104 Å². The maximum absolute atomic E-state index is 12.0. The first-order valence-electron chi connectivity index (χ1n) is 6.39. The molecule has 0 saturated heterocycles. The van der Waals surface area contributed by atoms with Gasteiger partial charge in [0.1, 0.15) is 0 Å². The summed E-state index contributed by atoms with van der Waals surface area (Å²) in [6.07, 6.45) is 3.02. The topological polar surface area (TPSA) is 37.3 Å². The molecule has 0 aromatic heterocycles. The first kappa shape index (κ1) is 13.9. The normalized spacial score (nSPS) is 14.3. The van der Waals surface area contributed by atoms with Crippen LogP contribution >= 0.6 is 0 Å². The van der Waals surface area contributed by atoms with Crippen LogP contribution in [0.2, 0.25) is 0 Å². The summed E-state index contributed by atoms with van der Waals surface area (Å²) in [5.41, 5.74) is 0.794. The standard InChI is InChI=1S/C15H22O2/c1-3-13(10-9-12(2)16)11-15(17)14-7-5-4-6-8-14/h4-8,12-13,16H,3,9-11H2,1-2H3. The van der Waals surface area contributed by atoms with Crippen molar-refractivity contribution in [3.63, 3.8) is 0 Å². The van der Waals surface area contributed by atoms with E-state index in [1.165, 1.54) is 0 Å². The van der Waals surface area contributed by atoms with Gasteiger partial charge in [-0.15, -0.1) is 0 Å². The minimum absolute atomic E-state index is 0.211. The van der Waals surface area contributed by atoms with Crippen molar-refractivity contribution in [3.05, 3.63) is 35.9 Å². The molecular formula is C15H22O2. The number of Topliss-reactive ketones (excluding diaryl/α,β-unsaturated/α-hetero) is 1. The lowest BCUT2D eigenvalue weighted by molar-refractivity contribution is 0.0949. The highest BCUT2D eigenvalue weighted by Gasteiger charge is 2.14. The van der Waals surface area contributed by atoms with Crippen molar-refractivity contribution in [2.75, 3.05) is 0 Å². The monoisotopic (exact) mass is 234 g/mol. The number of hydrogen-bond donors (Lipinski definition) is 1. The van der Waals surface area contributed by atoms with E-state index in [1.54, 1.807) is 6.92 Å². The zero-order valence-corrected chi connectivity index (χ0v) is 10.7. The van der Waals surface area contributed by atoms with Gasteiger partial charge in [0.25, 0.3) is 0 Å². The molecule has 0 aliphatic carbocycles. The smallest absolute Gasteiger partial charge is 0.163 e. The number of aliphatic hydroxyl groups excluding tert-OH is 1. The SMILES string of the molecule is CCC(CCC(C)O)CC(=O)c1ccccc1. The molecule has 94 valence electrons. The molecule has 1 N–H and O–H groups in total. The average Bonchev–Trinajstić information content (AvgIpc) is 2.35. The van der Waals surface area contributed by atoms with E-state index in [1.807, 2.05) is 30.3 Å². The minimum Gasteiger partial charge on any atom is -0.393 e. The zero-order chi connectivity index (χ0) is 12.7. The number of aliphatic hydroxyl groups is 1. The molecule has 0 aliphatic rings. The molecule has 2 heteroatoms. The number of hydrogen-bond acceptors (Lipinski definition) is 2. The molecule has 1 rings (SSSR count). The maximum Gasteiger partial charge on any atom is 0.163 e. The van der Waals surface area contributed by atoms with Crippen LogP contribution in [0.25, 0.3) is 0 Å². The Morgan fingerprint density at radius 2 is 1.88 bits per heavy atom. The molecule has 0 saturated carbocycles. The highest BCUT2D eigenvalue weighted by atomic mass is 16.3. The predicted octanol–water partition coefficient (Wildman–Crippen LogP) is 3.45. The molecule has 0 spiro atoms. The van der Waals surface area contributed by atoms with E-state index in [0.29, 0.717) is 12.3 Å². The van der Waals surface area contributed by atoms with E-state index in [0.717, 1.165) is 24.8 Å². The van der Waals surface area contributed by atoms with Crippen molar-refractivity contribution in [2.24, 2.45) is 5.92 Å². The van der Waals surface area contributed by atoms with Gasteiger partial charge in [0.15, 0.2) is 5.78 Å². The number of benzene rings is 1. The van der Waals surface area contributed by atoms with Crippen LogP contribution in [-0.2, 0) is 0 Å². The number of rotatable bonds is 7. The van der Waals surface area contributed by atoms with Crippen LogP contribution in [0.3, 0.4) is 0 Å². The molecule has 0 fully saturated rings. The number of ketones is 1. The quantitative estimate of drug-likeness (QED) is 0.734. The molecule has 2 atom stereocenters. The summed E-state index contributed by atoms with van der Waals surface area (Å²) >= 11 is 0. The van der Waals surface area contributed by atoms with Crippen molar-refractivity contribution >= 4 is 5.78 Å². The Hall–Kier alpha value is -1.15. The number of carbonyl (C=O) groups is 1.